The number of allylic oxidation sites excluding steroid dienone is 2. The summed E-state index contributed by atoms with van der Waals surface area (Å²) < 4.78 is 63.9. The molecule has 0 aromatic carbocycles. The Hall–Kier alpha value is -2.05. The molecule has 0 unspecified atom stereocenters. The Labute approximate surface area is 368 Å². The van der Waals surface area contributed by atoms with E-state index in [9.17, 15) is 20.1 Å². The molecule has 2 bridgehead atoms. The van der Waals surface area contributed by atoms with Crippen LogP contribution in [0.25, 0.3) is 0 Å². The molecule has 0 radical (unpaired) electrons. The second-order valence-electron chi connectivity index (χ2n) is 19.4. The molecule has 1 aliphatic carbocycles. The zero-order valence-corrected chi connectivity index (χ0v) is 38.5. The van der Waals surface area contributed by atoms with Crippen LogP contribution in [0.1, 0.15) is 107 Å². The Bertz CT molecular complexity index is 1680. The Balaban J connectivity index is 1.18. The van der Waals surface area contributed by atoms with Crippen molar-refractivity contribution in [1.82, 2.24) is 0 Å². The molecule has 6 heterocycles. The lowest BCUT2D eigenvalue weighted by atomic mass is 9.71. The van der Waals surface area contributed by atoms with Crippen molar-refractivity contribution in [1.29, 1.82) is 0 Å². The number of hydrogen-bond donors (Lipinski definition) is 3. The van der Waals surface area contributed by atoms with Gasteiger partial charge in [-0.3, -0.25) is 4.79 Å². The highest BCUT2D eigenvalue weighted by molar-refractivity contribution is 5.78. The van der Waals surface area contributed by atoms with Crippen LogP contribution >= 0.6 is 0 Å². The summed E-state index contributed by atoms with van der Waals surface area (Å²) in [5.41, 5.74) is 0.188. The third-order valence-corrected chi connectivity index (χ3v) is 14.9. The van der Waals surface area contributed by atoms with Crippen LogP contribution < -0.4 is 0 Å². The first-order valence-electron chi connectivity index (χ1n) is 23.2. The maximum absolute atomic E-state index is 14.4. The summed E-state index contributed by atoms with van der Waals surface area (Å²) in [6.07, 6.45) is 6.53. The lowest BCUT2D eigenvalue weighted by molar-refractivity contribution is -0.340. The highest BCUT2D eigenvalue weighted by atomic mass is 16.7. The standard InChI is InChI=1S/C48H74O14/c1-11-25(2)43-28(5)17-18-47(62-43)23-34-20-33(61-47)16-15-27(4)42(26(3)13-12-14-32-24-55-45-40(49)29(6)19-35(46(51)58-34)48(32,45)52)59-39-22-37(54-10)44(31(8)57-39)60-38-21-36(53-9)41(50)30(7)56-38/h12-15,19,25-26,28,30-31,33-45,49-50,52H,11,16-18,20-24H2,1-10H3/b13-12+,27-15+,32-14+/t25-,26-,28-,30-,31-,33+,34-,35-,36-,37-,38+,39+,40+,41-,42+,43+,44+,45+,47+,48+/m0/s1. The smallest absolute Gasteiger partial charge is 0.316 e. The molecular weight excluding hydrogens is 801 g/mol. The molecule has 3 N–H and O–H groups in total. The van der Waals surface area contributed by atoms with Crippen LogP contribution in [-0.4, -0.2) is 139 Å². The molecule has 7 aliphatic rings. The van der Waals surface area contributed by atoms with E-state index < -0.39 is 90.8 Å². The summed E-state index contributed by atoms with van der Waals surface area (Å²) in [6, 6.07) is 0. The zero-order valence-electron chi connectivity index (χ0n) is 38.5. The summed E-state index contributed by atoms with van der Waals surface area (Å²) in [6.45, 7) is 16.3. The Kier molecular flexibility index (Phi) is 15.3. The third-order valence-electron chi connectivity index (χ3n) is 14.9. The minimum atomic E-state index is -1.82. The van der Waals surface area contributed by atoms with Crippen molar-refractivity contribution in [2.24, 2.45) is 23.7 Å². The van der Waals surface area contributed by atoms with E-state index >= 15 is 0 Å². The third kappa shape index (κ3) is 9.73. The molecule has 62 heavy (non-hydrogen) atoms. The van der Waals surface area contributed by atoms with Gasteiger partial charge in [0.15, 0.2) is 18.4 Å². The number of carbonyl (C=O) groups excluding carboxylic acids is 1. The largest absolute Gasteiger partial charge is 0.462 e. The van der Waals surface area contributed by atoms with Gasteiger partial charge in [-0.1, -0.05) is 64.5 Å². The molecule has 5 saturated heterocycles. The molecule has 0 saturated carbocycles. The topological polar surface area (TPSA) is 170 Å². The quantitative estimate of drug-likeness (QED) is 0.204. The summed E-state index contributed by atoms with van der Waals surface area (Å²) >= 11 is 0. The molecule has 1 spiro atoms. The van der Waals surface area contributed by atoms with Gasteiger partial charge in [-0.15, -0.1) is 0 Å². The maximum atomic E-state index is 14.4. The Morgan fingerprint density at radius 1 is 0.919 bits per heavy atom. The molecule has 0 amide bonds. The summed E-state index contributed by atoms with van der Waals surface area (Å²) in [5, 5.41) is 34.2. The van der Waals surface area contributed by atoms with Crippen molar-refractivity contribution < 1.29 is 67.5 Å². The highest BCUT2D eigenvalue weighted by Crippen LogP contribution is 2.48. The first-order chi connectivity index (χ1) is 29.5. The van der Waals surface area contributed by atoms with Crippen LogP contribution in [0, 0.1) is 23.7 Å². The highest BCUT2D eigenvalue weighted by Gasteiger charge is 2.60. The molecule has 14 nitrogen and oxygen atoms in total. The van der Waals surface area contributed by atoms with E-state index in [0.29, 0.717) is 61.5 Å². The van der Waals surface area contributed by atoms with E-state index in [1.165, 1.54) is 0 Å². The van der Waals surface area contributed by atoms with Crippen molar-refractivity contribution in [2.45, 2.75) is 204 Å². The lowest BCUT2D eigenvalue weighted by Gasteiger charge is -2.51. The molecule has 0 aromatic heterocycles. The predicted octanol–water partition coefficient (Wildman–Crippen LogP) is 5.60. The number of ether oxygens (including phenoxy) is 10. The first-order valence-corrected chi connectivity index (χ1v) is 23.2. The number of aliphatic hydroxyl groups is 3. The minimum absolute atomic E-state index is 0.00708. The van der Waals surface area contributed by atoms with Crippen molar-refractivity contribution >= 4 is 5.97 Å². The van der Waals surface area contributed by atoms with Gasteiger partial charge in [0.2, 0.25) is 0 Å². The van der Waals surface area contributed by atoms with Gasteiger partial charge in [0, 0.05) is 52.2 Å². The van der Waals surface area contributed by atoms with Crippen molar-refractivity contribution in [3.05, 3.63) is 47.1 Å². The summed E-state index contributed by atoms with van der Waals surface area (Å²) in [7, 11) is 3.23. The van der Waals surface area contributed by atoms with E-state index in [-0.39, 0.29) is 30.8 Å². The molecule has 6 aliphatic heterocycles. The molecular formula is C48H74O14. The fourth-order valence-electron chi connectivity index (χ4n) is 11.0. The molecule has 350 valence electrons. The van der Waals surface area contributed by atoms with Crippen molar-refractivity contribution in [3.8, 4) is 0 Å². The minimum Gasteiger partial charge on any atom is -0.462 e. The average Bonchev–Trinajstić information content (AvgIpc) is 3.58. The van der Waals surface area contributed by atoms with Gasteiger partial charge < -0.3 is 62.7 Å². The number of hydrogen-bond acceptors (Lipinski definition) is 14. The maximum Gasteiger partial charge on any atom is 0.316 e. The Morgan fingerprint density at radius 2 is 1.63 bits per heavy atom. The number of carbonyl (C=O) groups is 1. The summed E-state index contributed by atoms with van der Waals surface area (Å²) in [4.78, 5) is 14.4. The van der Waals surface area contributed by atoms with E-state index in [4.69, 9.17) is 47.4 Å². The van der Waals surface area contributed by atoms with Crippen LogP contribution in [0.5, 0.6) is 0 Å². The van der Waals surface area contributed by atoms with E-state index in [1.807, 2.05) is 19.1 Å². The van der Waals surface area contributed by atoms with E-state index in [0.717, 1.165) is 18.4 Å². The van der Waals surface area contributed by atoms with Crippen LogP contribution in [0.15, 0.2) is 47.1 Å². The molecule has 5 fully saturated rings. The van der Waals surface area contributed by atoms with Crippen molar-refractivity contribution in [2.75, 3.05) is 20.8 Å². The zero-order chi connectivity index (χ0) is 44.7. The second kappa shape index (κ2) is 19.8. The van der Waals surface area contributed by atoms with Crippen LogP contribution in [0.2, 0.25) is 0 Å². The number of rotatable bonds is 8. The monoisotopic (exact) mass is 875 g/mol. The van der Waals surface area contributed by atoms with Gasteiger partial charge in [-0.25, -0.2) is 0 Å². The van der Waals surface area contributed by atoms with Crippen molar-refractivity contribution in [3.63, 3.8) is 0 Å². The number of methoxy groups -OCH3 is 2. The molecule has 20 atom stereocenters. The van der Waals surface area contributed by atoms with E-state index in [1.54, 1.807) is 40.2 Å². The summed E-state index contributed by atoms with van der Waals surface area (Å²) in [5.74, 6) is -2.10. The van der Waals surface area contributed by atoms with Crippen LogP contribution in [0.4, 0.5) is 0 Å². The van der Waals surface area contributed by atoms with Gasteiger partial charge >= 0.3 is 5.97 Å². The van der Waals surface area contributed by atoms with Crippen LogP contribution in [0.3, 0.4) is 0 Å². The van der Waals surface area contributed by atoms with Gasteiger partial charge in [0.05, 0.1) is 49.3 Å². The van der Waals surface area contributed by atoms with Gasteiger partial charge in [0.25, 0.3) is 0 Å². The first kappa shape index (κ1) is 47.9. The SMILES string of the molecule is CC[C@H](C)[C@H]1O[C@]2(CC[C@@H]1C)C[C@@H]1C[C@@H](C/C=C(\C)[C@H](O[C@@H]3C[C@H](OC)[C@H](O[C@@H]4C[C@H](OC)[C@@H](O)[C@H](C)O4)[C@H](C)O3)[C@@H](C)/C=C/C=C3\CO[C@@H]4[C@H](O)C(C)=C[C@@H](C(=O)O1)[C@]34O)O2. The normalized spacial score (nSPS) is 49.4. The molecule has 14 heteroatoms. The fourth-order valence-corrected chi connectivity index (χ4v) is 11.0. The number of esters is 1. The Morgan fingerprint density at radius 3 is 2.35 bits per heavy atom. The lowest BCUT2D eigenvalue weighted by Crippen LogP contribution is -2.58. The number of fused-ring (bicyclic) bond motifs is 2. The van der Waals surface area contributed by atoms with Crippen LogP contribution in [-0.2, 0) is 52.2 Å². The van der Waals surface area contributed by atoms with Gasteiger partial charge in [-0.05, 0) is 69.1 Å². The molecule has 7 rings (SSSR count). The second-order valence-corrected chi connectivity index (χ2v) is 19.4. The fraction of sp³-hybridized carbons (Fsp3) is 0.812. The average molecular weight is 875 g/mol. The van der Waals surface area contributed by atoms with E-state index in [2.05, 4.69) is 40.7 Å². The molecule has 0 aromatic rings. The van der Waals surface area contributed by atoms with Gasteiger partial charge in [0.1, 0.15) is 42.0 Å². The predicted molar refractivity (Wildman–Crippen MR) is 227 cm³/mol. The van der Waals surface area contributed by atoms with Gasteiger partial charge in [-0.2, -0.15) is 0 Å². The number of aliphatic hydroxyl groups excluding tert-OH is 2.